The molecule has 118 valence electrons. The highest BCUT2D eigenvalue weighted by molar-refractivity contribution is 5.34. The van der Waals surface area contributed by atoms with Crippen molar-refractivity contribution < 1.29 is 4.74 Å². The topological polar surface area (TPSA) is 64.9 Å². The third-order valence-corrected chi connectivity index (χ3v) is 3.33. The van der Waals surface area contributed by atoms with Gasteiger partial charge in [0.1, 0.15) is 5.75 Å². The van der Waals surface area contributed by atoms with E-state index in [1.54, 1.807) is 4.68 Å². The van der Waals surface area contributed by atoms with E-state index in [-0.39, 0.29) is 0 Å². The Bertz CT molecular complexity index is 724. The van der Waals surface area contributed by atoms with Crippen LogP contribution in [0.2, 0.25) is 0 Å². The fraction of sp³-hybridized carbons (Fsp3) is 0.235. The molecular weight excluding hydrogens is 290 g/mol. The van der Waals surface area contributed by atoms with Gasteiger partial charge in [0, 0.05) is 6.54 Å². The van der Waals surface area contributed by atoms with E-state index in [9.17, 15) is 0 Å². The van der Waals surface area contributed by atoms with Crippen molar-refractivity contribution in [1.82, 2.24) is 25.5 Å². The summed E-state index contributed by atoms with van der Waals surface area (Å²) in [6, 6.07) is 17.9. The molecule has 2 aromatic carbocycles. The van der Waals surface area contributed by atoms with Crippen LogP contribution in [0.15, 0.2) is 54.6 Å². The molecule has 0 saturated heterocycles. The van der Waals surface area contributed by atoms with Crippen molar-refractivity contribution in [3.63, 3.8) is 0 Å². The number of aromatic nitrogens is 4. The zero-order chi connectivity index (χ0) is 15.9. The largest absolute Gasteiger partial charge is 0.423 e. The van der Waals surface area contributed by atoms with Crippen LogP contribution in [-0.2, 0) is 6.54 Å². The van der Waals surface area contributed by atoms with Crippen LogP contribution in [0.3, 0.4) is 0 Å². The Labute approximate surface area is 135 Å². The fourth-order valence-electron chi connectivity index (χ4n) is 2.16. The SMILES string of the molecule is CCCNCc1ccc(Oc2nnnn2-c2ccccc2)cc1. The fourth-order valence-corrected chi connectivity index (χ4v) is 2.16. The highest BCUT2D eigenvalue weighted by Crippen LogP contribution is 2.21. The predicted molar refractivity (Wildman–Crippen MR) is 87.7 cm³/mol. The molecule has 0 radical (unpaired) electrons. The van der Waals surface area contributed by atoms with Gasteiger partial charge in [-0.2, -0.15) is 4.68 Å². The van der Waals surface area contributed by atoms with Crippen LogP contribution in [0.5, 0.6) is 11.8 Å². The van der Waals surface area contributed by atoms with Gasteiger partial charge in [0.25, 0.3) is 0 Å². The summed E-state index contributed by atoms with van der Waals surface area (Å²) in [6.07, 6.45) is 1.13. The molecule has 1 heterocycles. The van der Waals surface area contributed by atoms with E-state index in [0.717, 1.165) is 25.2 Å². The Balaban J connectivity index is 1.70. The lowest BCUT2D eigenvalue weighted by Crippen LogP contribution is -2.13. The summed E-state index contributed by atoms with van der Waals surface area (Å²) in [5.41, 5.74) is 2.07. The lowest BCUT2D eigenvalue weighted by molar-refractivity contribution is 0.427. The van der Waals surface area contributed by atoms with Crippen molar-refractivity contribution in [3.05, 3.63) is 60.2 Å². The maximum Gasteiger partial charge on any atom is 0.345 e. The Morgan fingerprint density at radius 2 is 1.83 bits per heavy atom. The molecule has 0 amide bonds. The first-order valence-corrected chi connectivity index (χ1v) is 7.68. The Hall–Kier alpha value is -2.73. The van der Waals surface area contributed by atoms with Crippen LogP contribution in [-0.4, -0.2) is 26.8 Å². The minimum absolute atomic E-state index is 0.341. The molecule has 23 heavy (non-hydrogen) atoms. The maximum absolute atomic E-state index is 5.79. The number of tetrazole rings is 1. The lowest BCUT2D eigenvalue weighted by Gasteiger charge is -2.07. The van der Waals surface area contributed by atoms with Gasteiger partial charge in [0.05, 0.1) is 5.69 Å². The van der Waals surface area contributed by atoms with E-state index in [2.05, 4.69) is 27.8 Å². The molecule has 0 fully saturated rings. The molecule has 0 atom stereocenters. The van der Waals surface area contributed by atoms with Crippen molar-refractivity contribution in [2.75, 3.05) is 6.54 Å². The summed E-state index contributed by atoms with van der Waals surface area (Å²) in [5.74, 6) is 0.705. The summed E-state index contributed by atoms with van der Waals surface area (Å²) in [4.78, 5) is 0. The summed E-state index contributed by atoms with van der Waals surface area (Å²) in [6.45, 7) is 4.03. The zero-order valence-corrected chi connectivity index (χ0v) is 13.0. The molecule has 0 aliphatic carbocycles. The van der Waals surface area contributed by atoms with Crippen molar-refractivity contribution in [2.45, 2.75) is 19.9 Å². The maximum atomic E-state index is 5.79. The number of benzene rings is 2. The zero-order valence-electron chi connectivity index (χ0n) is 13.0. The lowest BCUT2D eigenvalue weighted by atomic mass is 10.2. The van der Waals surface area contributed by atoms with Gasteiger partial charge in [-0.15, -0.1) is 0 Å². The normalized spacial score (nSPS) is 10.7. The third kappa shape index (κ3) is 3.92. The van der Waals surface area contributed by atoms with Crippen molar-refractivity contribution >= 4 is 0 Å². The molecule has 1 aromatic heterocycles. The molecule has 3 aromatic rings. The van der Waals surface area contributed by atoms with Crippen molar-refractivity contribution in [3.8, 4) is 17.4 Å². The summed E-state index contributed by atoms with van der Waals surface area (Å²) in [5, 5.41) is 15.0. The molecule has 0 saturated carbocycles. The van der Waals surface area contributed by atoms with Crippen LogP contribution in [0.4, 0.5) is 0 Å². The Morgan fingerprint density at radius 3 is 2.57 bits per heavy atom. The average molecular weight is 309 g/mol. The third-order valence-electron chi connectivity index (χ3n) is 3.33. The van der Waals surface area contributed by atoms with Crippen LogP contribution >= 0.6 is 0 Å². The summed E-state index contributed by atoms with van der Waals surface area (Å²) in [7, 11) is 0. The van der Waals surface area contributed by atoms with E-state index in [4.69, 9.17) is 4.74 Å². The molecule has 0 bridgehead atoms. The van der Waals surface area contributed by atoms with Gasteiger partial charge in [-0.3, -0.25) is 0 Å². The molecule has 3 rings (SSSR count). The smallest absolute Gasteiger partial charge is 0.345 e. The second-order valence-electron chi connectivity index (χ2n) is 5.13. The number of nitrogens with zero attached hydrogens (tertiary/aromatic N) is 4. The quantitative estimate of drug-likeness (QED) is 0.680. The van der Waals surface area contributed by atoms with Gasteiger partial charge in [0.2, 0.25) is 0 Å². The molecule has 0 aliphatic rings. The van der Waals surface area contributed by atoms with Crippen LogP contribution < -0.4 is 10.1 Å². The second kappa shape index (κ2) is 7.51. The number of rotatable bonds is 7. The van der Waals surface area contributed by atoms with Crippen LogP contribution in [0.1, 0.15) is 18.9 Å². The molecule has 0 aliphatic heterocycles. The monoisotopic (exact) mass is 309 g/mol. The number of hydrogen-bond acceptors (Lipinski definition) is 5. The second-order valence-corrected chi connectivity index (χ2v) is 5.13. The molecule has 6 nitrogen and oxygen atoms in total. The van der Waals surface area contributed by atoms with Gasteiger partial charge in [-0.25, -0.2) is 0 Å². The van der Waals surface area contributed by atoms with E-state index >= 15 is 0 Å². The molecule has 1 N–H and O–H groups in total. The van der Waals surface area contributed by atoms with Crippen molar-refractivity contribution in [1.29, 1.82) is 0 Å². The van der Waals surface area contributed by atoms with Gasteiger partial charge < -0.3 is 10.1 Å². The predicted octanol–water partition coefficient (Wildman–Crippen LogP) is 2.95. The molecule has 6 heteroatoms. The molecule has 0 spiro atoms. The number of ether oxygens (including phenoxy) is 1. The van der Waals surface area contributed by atoms with Crippen molar-refractivity contribution in [2.24, 2.45) is 0 Å². The number of hydrogen-bond donors (Lipinski definition) is 1. The highest BCUT2D eigenvalue weighted by atomic mass is 16.5. The first kappa shape index (κ1) is 15.2. The van der Waals surface area contributed by atoms with E-state index in [1.165, 1.54) is 5.56 Å². The highest BCUT2D eigenvalue weighted by Gasteiger charge is 2.10. The Morgan fingerprint density at radius 1 is 1.04 bits per heavy atom. The molecular formula is C17H19N5O. The minimum Gasteiger partial charge on any atom is -0.423 e. The number of nitrogens with one attached hydrogen (secondary N) is 1. The summed E-state index contributed by atoms with van der Waals surface area (Å²) < 4.78 is 7.36. The first-order chi connectivity index (χ1) is 11.4. The van der Waals surface area contributed by atoms with Crippen LogP contribution in [0.25, 0.3) is 5.69 Å². The van der Waals surface area contributed by atoms with E-state index in [0.29, 0.717) is 11.8 Å². The number of para-hydroxylation sites is 1. The average Bonchev–Trinajstić information content (AvgIpc) is 3.06. The van der Waals surface area contributed by atoms with Gasteiger partial charge in [0.15, 0.2) is 0 Å². The first-order valence-electron chi connectivity index (χ1n) is 7.68. The Kier molecular flexibility index (Phi) is 4.95. The molecule has 0 unspecified atom stereocenters. The standard InChI is InChI=1S/C17H19N5O/c1-2-12-18-13-14-8-10-16(11-9-14)23-17-19-20-21-22(17)15-6-4-3-5-7-15/h3-11,18H,2,12-13H2,1H3. The van der Waals surface area contributed by atoms with Gasteiger partial charge in [-0.1, -0.05) is 42.4 Å². The minimum atomic E-state index is 0.341. The summed E-state index contributed by atoms with van der Waals surface area (Å²) >= 11 is 0. The van der Waals surface area contributed by atoms with E-state index < -0.39 is 0 Å². The van der Waals surface area contributed by atoms with Gasteiger partial charge >= 0.3 is 6.01 Å². The van der Waals surface area contributed by atoms with E-state index in [1.807, 2.05) is 54.6 Å². The van der Waals surface area contributed by atoms with Crippen LogP contribution in [0, 0.1) is 0 Å². The van der Waals surface area contributed by atoms with Gasteiger partial charge in [-0.05, 0) is 53.2 Å².